The summed E-state index contributed by atoms with van der Waals surface area (Å²) in [4.78, 5) is 22.8. The molecular formula is C17H24ClN5O3. The fourth-order valence-electron chi connectivity index (χ4n) is 2.65. The van der Waals surface area contributed by atoms with Gasteiger partial charge in [0, 0.05) is 18.7 Å². The quantitative estimate of drug-likeness (QED) is 0.540. The Morgan fingerprint density at radius 1 is 1.31 bits per heavy atom. The maximum atomic E-state index is 12.2. The fraction of sp³-hybridized carbons (Fsp3) is 0.412. The number of nitrogens with zero attached hydrogens (tertiary/aromatic N) is 3. The van der Waals surface area contributed by atoms with E-state index in [1.54, 1.807) is 13.8 Å². The Balaban J connectivity index is 0.00000338. The van der Waals surface area contributed by atoms with E-state index in [1.165, 1.54) is 4.68 Å². The summed E-state index contributed by atoms with van der Waals surface area (Å²) in [7, 11) is 0. The first-order chi connectivity index (χ1) is 11.9. The lowest BCUT2D eigenvalue weighted by Crippen LogP contribution is -2.18. The third kappa shape index (κ3) is 5.27. The Morgan fingerprint density at radius 2 is 2.00 bits per heavy atom. The van der Waals surface area contributed by atoms with E-state index in [-0.39, 0.29) is 30.4 Å². The molecule has 9 heteroatoms. The number of hydrogen-bond acceptors (Lipinski definition) is 5. The molecule has 0 bridgehead atoms. The molecule has 1 heterocycles. The Bertz CT molecular complexity index is 776. The van der Waals surface area contributed by atoms with E-state index in [9.17, 15) is 14.9 Å². The molecule has 0 atom stereocenters. The van der Waals surface area contributed by atoms with Gasteiger partial charge in [0.05, 0.1) is 11.5 Å². The number of hydrogen-bond donors (Lipinski definition) is 2. The molecule has 1 amide bonds. The molecule has 1 aromatic heterocycles. The van der Waals surface area contributed by atoms with Crippen LogP contribution in [-0.2, 0) is 17.9 Å². The van der Waals surface area contributed by atoms with Crippen molar-refractivity contribution in [2.75, 3.05) is 11.9 Å². The molecule has 0 saturated carbocycles. The monoisotopic (exact) mass is 381 g/mol. The lowest BCUT2D eigenvalue weighted by atomic mass is 10.1. The van der Waals surface area contributed by atoms with Crippen LogP contribution in [0.4, 0.5) is 11.4 Å². The molecule has 1 aromatic carbocycles. The van der Waals surface area contributed by atoms with Crippen LogP contribution in [0.25, 0.3) is 0 Å². The number of amides is 1. The first kappa shape index (κ1) is 21.6. The van der Waals surface area contributed by atoms with Gasteiger partial charge >= 0.3 is 5.69 Å². The Morgan fingerprint density at radius 3 is 2.62 bits per heavy atom. The van der Waals surface area contributed by atoms with Crippen LogP contribution in [0.15, 0.2) is 24.3 Å². The van der Waals surface area contributed by atoms with Crippen LogP contribution >= 0.6 is 12.4 Å². The summed E-state index contributed by atoms with van der Waals surface area (Å²) >= 11 is 0. The largest absolute Gasteiger partial charge is 0.326 e. The molecular weight excluding hydrogens is 358 g/mol. The standard InChI is InChI=1S/C17H23N5O3.ClH/c1-4-18-11-14-7-5-6-8-15(14)19-16(23)9-10-21-13(3)17(22(24)25)12(2)20-21;/h5-8,18H,4,9-11H2,1-3H3,(H,19,23);1H. The molecule has 0 unspecified atom stereocenters. The molecule has 0 saturated heterocycles. The first-order valence-corrected chi connectivity index (χ1v) is 8.20. The van der Waals surface area contributed by atoms with Crippen LogP contribution in [0.5, 0.6) is 0 Å². The average molecular weight is 382 g/mol. The van der Waals surface area contributed by atoms with Gasteiger partial charge in [-0.2, -0.15) is 5.10 Å². The van der Waals surface area contributed by atoms with E-state index in [0.29, 0.717) is 24.5 Å². The van der Waals surface area contributed by atoms with Crippen LogP contribution in [0, 0.1) is 24.0 Å². The van der Waals surface area contributed by atoms with E-state index >= 15 is 0 Å². The smallest absolute Gasteiger partial charge is 0.312 e. The minimum Gasteiger partial charge on any atom is -0.326 e. The molecule has 26 heavy (non-hydrogen) atoms. The van der Waals surface area contributed by atoms with Crippen LogP contribution < -0.4 is 10.6 Å². The van der Waals surface area contributed by atoms with Crippen molar-refractivity contribution >= 4 is 29.7 Å². The van der Waals surface area contributed by atoms with Gasteiger partial charge in [0.1, 0.15) is 11.4 Å². The van der Waals surface area contributed by atoms with E-state index in [1.807, 2.05) is 31.2 Å². The lowest BCUT2D eigenvalue weighted by Gasteiger charge is -2.11. The number of halogens is 1. The molecule has 0 fully saturated rings. The maximum Gasteiger partial charge on any atom is 0.312 e. The topological polar surface area (TPSA) is 102 Å². The summed E-state index contributed by atoms with van der Waals surface area (Å²) in [5, 5.41) is 21.3. The molecule has 2 N–H and O–H groups in total. The highest BCUT2D eigenvalue weighted by Crippen LogP contribution is 2.22. The molecule has 0 aliphatic heterocycles. The minimum atomic E-state index is -0.439. The second kappa shape index (κ2) is 9.88. The van der Waals surface area contributed by atoms with Crippen molar-refractivity contribution in [3.63, 3.8) is 0 Å². The first-order valence-electron chi connectivity index (χ1n) is 8.20. The van der Waals surface area contributed by atoms with Crippen molar-refractivity contribution in [2.24, 2.45) is 0 Å². The van der Waals surface area contributed by atoms with Gasteiger partial charge in [0.2, 0.25) is 5.91 Å². The molecule has 0 aliphatic rings. The third-order valence-corrected chi connectivity index (χ3v) is 3.93. The molecule has 2 rings (SSSR count). The van der Waals surface area contributed by atoms with E-state index in [0.717, 1.165) is 17.8 Å². The molecule has 0 aliphatic carbocycles. The Hall–Kier alpha value is -2.45. The summed E-state index contributed by atoms with van der Waals surface area (Å²) in [6.07, 6.45) is 0.189. The maximum absolute atomic E-state index is 12.2. The number of carbonyl (C=O) groups excluding carboxylic acids is 1. The Labute approximate surface area is 158 Å². The highest BCUT2D eigenvalue weighted by atomic mass is 35.5. The number of anilines is 1. The molecule has 2 aromatic rings. The zero-order chi connectivity index (χ0) is 18.4. The highest BCUT2D eigenvalue weighted by molar-refractivity contribution is 5.91. The predicted molar refractivity (Wildman–Crippen MR) is 103 cm³/mol. The number of aromatic nitrogens is 2. The van der Waals surface area contributed by atoms with E-state index in [4.69, 9.17) is 0 Å². The van der Waals surface area contributed by atoms with Crippen LogP contribution in [0.1, 0.15) is 30.3 Å². The van der Waals surface area contributed by atoms with Gasteiger partial charge in [-0.1, -0.05) is 25.1 Å². The van der Waals surface area contributed by atoms with E-state index in [2.05, 4.69) is 15.7 Å². The molecule has 8 nitrogen and oxygen atoms in total. The predicted octanol–water partition coefficient (Wildman–Crippen LogP) is 2.97. The van der Waals surface area contributed by atoms with Crippen LogP contribution in [-0.4, -0.2) is 27.2 Å². The highest BCUT2D eigenvalue weighted by Gasteiger charge is 2.21. The number of nitro groups is 1. The average Bonchev–Trinajstić information content (AvgIpc) is 2.86. The van der Waals surface area contributed by atoms with Gasteiger partial charge in [-0.05, 0) is 32.0 Å². The zero-order valence-electron chi connectivity index (χ0n) is 15.1. The molecule has 0 radical (unpaired) electrons. The molecule has 142 valence electrons. The van der Waals surface area contributed by atoms with Gasteiger partial charge in [-0.15, -0.1) is 12.4 Å². The minimum absolute atomic E-state index is 0. The second-order valence-corrected chi connectivity index (χ2v) is 5.74. The summed E-state index contributed by atoms with van der Waals surface area (Å²) in [5.41, 5.74) is 2.62. The third-order valence-electron chi connectivity index (χ3n) is 3.93. The number of benzene rings is 1. The van der Waals surface area contributed by atoms with Gasteiger partial charge in [0.15, 0.2) is 0 Å². The van der Waals surface area contributed by atoms with Crippen molar-refractivity contribution < 1.29 is 9.72 Å². The summed E-state index contributed by atoms with van der Waals surface area (Å²) in [6, 6.07) is 7.62. The number of carbonyl (C=O) groups is 1. The SMILES string of the molecule is CCNCc1ccccc1NC(=O)CCn1nc(C)c([N+](=O)[O-])c1C.Cl. The van der Waals surface area contributed by atoms with Crippen molar-refractivity contribution in [2.45, 2.75) is 40.3 Å². The van der Waals surface area contributed by atoms with E-state index < -0.39 is 4.92 Å². The zero-order valence-corrected chi connectivity index (χ0v) is 15.9. The number of nitrogens with one attached hydrogen (secondary N) is 2. The summed E-state index contributed by atoms with van der Waals surface area (Å²) in [5.74, 6) is -0.154. The number of rotatable bonds is 8. The van der Waals surface area contributed by atoms with Crippen molar-refractivity contribution in [1.82, 2.24) is 15.1 Å². The van der Waals surface area contributed by atoms with Gasteiger partial charge in [-0.25, -0.2) is 0 Å². The van der Waals surface area contributed by atoms with Crippen LogP contribution in [0.2, 0.25) is 0 Å². The summed E-state index contributed by atoms with van der Waals surface area (Å²) in [6.45, 7) is 7.08. The lowest BCUT2D eigenvalue weighted by molar-refractivity contribution is -0.386. The number of para-hydroxylation sites is 1. The fourth-order valence-corrected chi connectivity index (χ4v) is 2.65. The van der Waals surface area contributed by atoms with Gasteiger partial charge < -0.3 is 10.6 Å². The normalized spacial score (nSPS) is 10.3. The van der Waals surface area contributed by atoms with Crippen molar-refractivity contribution in [3.8, 4) is 0 Å². The van der Waals surface area contributed by atoms with Crippen molar-refractivity contribution in [1.29, 1.82) is 0 Å². The van der Waals surface area contributed by atoms with Gasteiger partial charge in [0.25, 0.3) is 0 Å². The summed E-state index contributed by atoms with van der Waals surface area (Å²) < 4.78 is 1.51. The number of aryl methyl sites for hydroxylation is 2. The molecule has 0 spiro atoms. The second-order valence-electron chi connectivity index (χ2n) is 5.74. The Kier molecular flexibility index (Phi) is 8.21. The van der Waals surface area contributed by atoms with Gasteiger partial charge in [-0.3, -0.25) is 19.6 Å². The van der Waals surface area contributed by atoms with Crippen LogP contribution in [0.3, 0.4) is 0 Å². The van der Waals surface area contributed by atoms with Crippen molar-refractivity contribution in [3.05, 3.63) is 51.3 Å².